The molecule has 2 rings (SSSR count). The Morgan fingerprint density at radius 2 is 1.89 bits per heavy atom. The predicted octanol–water partition coefficient (Wildman–Crippen LogP) is 2.91. The third kappa shape index (κ3) is 4.49. The lowest BCUT2D eigenvalue weighted by Crippen LogP contribution is -2.51. The van der Waals surface area contributed by atoms with E-state index >= 15 is 0 Å². The molecular formula is C19H21F2N3O2S. The highest BCUT2D eigenvalue weighted by Crippen LogP contribution is 2.27. The van der Waals surface area contributed by atoms with Gasteiger partial charge in [-0.25, -0.2) is 17.7 Å². The number of nitrogens with one attached hydrogen (secondary N) is 1. The SMILES string of the molecule is Cc1cccn(CC(C#N)(N[S@](=O)C(C)(C)C)c2ccc(F)c(F)c2)c1=O. The molecule has 2 aromatic rings. The third-order valence-corrected chi connectivity index (χ3v) is 5.69. The Hall–Kier alpha value is -2.37. The van der Waals surface area contributed by atoms with Crippen molar-refractivity contribution in [2.45, 2.75) is 44.5 Å². The van der Waals surface area contributed by atoms with Gasteiger partial charge in [-0.2, -0.15) is 5.26 Å². The van der Waals surface area contributed by atoms with Gasteiger partial charge in [0, 0.05) is 11.8 Å². The van der Waals surface area contributed by atoms with Gasteiger partial charge in [-0.15, -0.1) is 0 Å². The fourth-order valence-electron chi connectivity index (χ4n) is 2.41. The number of aromatic nitrogens is 1. The van der Waals surface area contributed by atoms with Gasteiger partial charge in [0.2, 0.25) is 0 Å². The Balaban J connectivity index is 2.64. The molecule has 5 nitrogen and oxygen atoms in total. The van der Waals surface area contributed by atoms with E-state index in [1.807, 2.05) is 6.07 Å². The topological polar surface area (TPSA) is 74.9 Å². The van der Waals surface area contributed by atoms with E-state index in [0.717, 1.165) is 12.1 Å². The van der Waals surface area contributed by atoms with Crippen molar-refractivity contribution in [2.24, 2.45) is 0 Å². The van der Waals surface area contributed by atoms with Crippen LogP contribution in [0.25, 0.3) is 0 Å². The standard InChI is InChI=1S/C19H21F2N3O2S/c1-13-6-5-9-24(17(13)25)12-19(11-22,23-27(26)18(2,3)4)14-7-8-15(20)16(21)10-14/h5-10,23H,12H2,1-4H3/t19?,27-/m1/s1. The van der Waals surface area contributed by atoms with Gasteiger partial charge in [0.1, 0.15) is 0 Å². The normalized spacial score (nSPS) is 15.0. The highest BCUT2D eigenvalue weighted by molar-refractivity contribution is 7.84. The molecule has 0 fully saturated rings. The number of rotatable bonds is 5. The average Bonchev–Trinajstić information content (AvgIpc) is 2.59. The fraction of sp³-hybridized carbons (Fsp3) is 0.368. The summed E-state index contributed by atoms with van der Waals surface area (Å²) in [7, 11) is -1.71. The summed E-state index contributed by atoms with van der Waals surface area (Å²) in [6, 6.07) is 8.32. The van der Waals surface area contributed by atoms with Gasteiger partial charge >= 0.3 is 0 Å². The van der Waals surface area contributed by atoms with Crippen molar-refractivity contribution < 1.29 is 13.0 Å². The van der Waals surface area contributed by atoms with Crippen LogP contribution in [0.3, 0.4) is 0 Å². The highest BCUT2D eigenvalue weighted by atomic mass is 32.2. The molecule has 144 valence electrons. The Morgan fingerprint density at radius 3 is 2.44 bits per heavy atom. The molecule has 2 atom stereocenters. The first-order chi connectivity index (χ1) is 12.5. The summed E-state index contributed by atoms with van der Waals surface area (Å²) >= 11 is 0. The number of pyridine rings is 1. The summed E-state index contributed by atoms with van der Waals surface area (Å²) in [5.74, 6) is -2.19. The Labute approximate surface area is 159 Å². The Kier molecular flexibility index (Phi) is 5.97. The van der Waals surface area contributed by atoms with Gasteiger partial charge in [0.25, 0.3) is 5.56 Å². The molecule has 0 spiro atoms. The number of halogens is 2. The largest absolute Gasteiger partial charge is 0.312 e. The highest BCUT2D eigenvalue weighted by Gasteiger charge is 2.38. The molecule has 8 heteroatoms. The summed E-state index contributed by atoms with van der Waals surface area (Å²) < 4.78 is 43.2. The van der Waals surface area contributed by atoms with Crippen molar-refractivity contribution in [3.8, 4) is 6.07 Å². The van der Waals surface area contributed by atoms with Crippen LogP contribution in [0.2, 0.25) is 0 Å². The first kappa shape index (κ1) is 20.9. The van der Waals surface area contributed by atoms with Crippen molar-refractivity contribution in [1.29, 1.82) is 5.26 Å². The predicted molar refractivity (Wildman–Crippen MR) is 100 cm³/mol. The molecule has 0 bridgehead atoms. The summed E-state index contributed by atoms with van der Waals surface area (Å²) in [5, 5.41) is 9.95. The first-order valence-electron chi connectivity index (χ1n) is 8.23. The number of hydrogen-bond donors (Lipinski definition) is 1. The molecule has 0 saturated carbocycles. The quantitative estimate of drug-likeness (QED) is 0.849. The van der Waals surface area contributed by atoms with E-state index in [2.05, 4.69) is 4.72 Å². The second-order valence-electron chi connectivity index (χ2n) is 7.25. The molecule has 1 N–H and O–H groups in total. The van der Waals surface area contributed by atoms with E-state index < -0.39 is 32.9 Å². The summed E-state index contributed by atoms with van der Waals surface area (Å²) in [5.41, 5.74) is -1.49. The molecule has 1 unspecified atom stereocenters. The zero-order chi connectivity index (χ0) is 20.4. The second kappa shape index (κ2) is 7.71. The van der Waals surface area contributed by atoms with Crippen LogP contribution in [0.4, 0.5) is 8.78 Å². The zero-order valence-corrected chi connectivity index (χ0v) is 16.4. The molecule has 0 aliphatic heterocycles. The van der Waals surface area contributed by atoms with Crippen LogP contribution in [0.1, 0.15) is 31.9 Å². The van der Waals surface area contributed by atoms with E-state index in [1.165, 1.54) is 16.8 Å². The van der Waals surface area contributed by atoms with Crippen LogP contribution in [-0.4, -0.2) is 13.5 Å². The molecule has 0 radical (unpaired) electrons. The monoisotopic (exact) mass is 393 g/mol. The molecule has 1 aromatic carbocycles. The Bertz CT molecular complexity index is 976. The maximum atomic E-state index is 13.8. The van der Waals surface area contributed by atoms with Crippen molar-refractivity contribution in [2.75, 3.05) is 0 Å². The van der Waals surface area contributed by atoms with Crippen molar-refractivity contribution >= 4 is 11.0 Å². The maximum absolute atomic E-state index is 13.8. The van der Waals surface area contributed by atoms with Gasteiger partial charge in [-0.3, -0.25) is 4.79 Å². The second-order valence-corrected chi connectivity index (χ2v) is 9.22. The third-order valence-electron chi connectivity index (χ3n) is 4.04. The number of aryl methyl sites for hydroxylation is 1. The minimum absolute atomic E-state index is 0.0786. The minimum Gasteiger partial charge on any atom is -0.312 e. The number of nitrogens with zero attached hydrogens (tertiary/aromatic N) is 2. The lowest BCUT2D eigenvalue weighted by molar-refractivity contribution is 0.418. The molecule has 0 aliphatic carbocycles. The molecule has 27 heavy (non-hydrogen) atoms. The maximum Gasteiger partial charge on any atom is 0.253 e. The lowest BCUT2D eigenvalue weighted by Gasteiger charge is -2.32. The van der Waals surface area contributed by atoms with Gasteiger partial charge in [0.05, 0.1) is 28.3 Å². The molecular weight excluding hydrogens is 372 g/mol. The fourth-order valence-corrected chi connectivity index (χ4v) is 3.27. The summed E-state index contributed by atoms with van der Waals surface area (Å²) in [6.07, 6.45) is 1.49. The summed E-state index contributed by atoms with van der Waals surface area (Å²) in [6.45, 7) is 6.54. The number of hydrogen-bond acceptors (Lipinski definition) is 3. The van der Waals surface area contributed by atoms with Crippen molar-refractivity contribution in [3.05, 3.63) is 69.6 Å². The molecule has 0 amide bonds. The van der Waals surface area contributed by atoms with Crippen LogP contribution in [0.15, 0.2) is 41.3 Å². The number of nitriles is 1. The molecule has 1 aromatic heterocycles. The van der Waals surface area contributed by atoms with Gasteiger partial charge < -0.3 is 4.57 Å². The van der Waals surface area contributed by atoms with Crippen LogP contribution >= 0.6 is 0 Å². The van der Waals surface area contributed by atoms with Crippen LogP contribution < -0.4 is 10.3 Å². The average molecular weight is 393 g/mol. The minimum atomic E-state index is -1.71. The Morgan fingerprint density at radius 1 is 1.22 bits per heavy atom. The van der Waals surface area contributed by atoms with Crippen molar-refractivity contribution in [3.63, 3.8) is 0 Å². The molecule has 1 heterocycles. The van der Waals surface area contributed by atoms with E-state index in [4.69, 9.17) is 0 Å². The van der Waals surface area contributed by atoms with Crippen LogP contribution in [0, 0.1) is 29.9 Å². The summed E-state index contributed by atoms with van der Waals surface area (Å²) in [4.78, 5) is 12.4. The van der Waals surface area contributed by atoms with Gasteiger partial charge in [-0.05, 0) is 51.5 Å². The van der Waals surface area contributed by atoms with Gasteiger partial charge in [0.15, 0.2) is 17.2 Å². The van der Waals surface area contributed by atoms with E-state index in [9.17, 15) is 23.0 Å². The van der Waals surface area contributed by atoms with E-state index in [0.29, 0.717) is 5.56 Å². The van der Waals surface area contributed by atoms with Crippen LogP contribution in [-0.2, 0) is 23.1 Å². The zero-order valence-electron chi connectivity index (χ0n) is 15.5. The van der Waals surface area contributed by atoms with Crippen LogP contribution in [0.5, 0.6) is 0 Å². The van der Waals surface area contributed by atoms with E-state index in [1.54, 1.807) is 39.8 Å². The molecule has 0 saturated heterocycles. The number of benzene rings is 1. The van der Waals surface area contributed by atoms with Gasteiger partial charge in [-0.1, -0.05) is 12.1 Å². The smallest absolute Gasteiger partial charge is 0.253 e. The first-order valence-corrected chi connectivity index (χ1v) is 9.38. The lowest BCUT2D eigenvalue weighted by atomic mass is 9.92. The van der Waals surface area contributed by atoms with Crippen molar-refractivity contribution in [1.82, 2.24) is 9.29 Å². The molecule has 0 aliphatic rings. The van der Waals surface area contributed by atoms with E-state index in [-0.39, 0.29) is 17.7 Å².